The summed E-state index contributed by atoms with van der Waals surface area (Å²) in [5.74, 6) is -0.355. The average molecular weight is 438 g/mol. The molecule has 1 N–H and O–H groups in total. The molecule has 2 fully saturated rings. The Morgan fingerprint density at radius 2 is 1.97 bits per heavy atom. The molecule has 1 spiro atoms. The molecule has 2 aliphatic rings. The Morgan fingerprint density at radius 1 is 1.22 bits per heavy atom. The molecule has 0 unspecified atom stereocenters. The molecular weight excluding hydrogens is 409 g/mol. The molecule has 32 heavy (non-hydrogen) atoms. The highest BCUT2D eigenvalue weighted by molar-refractivity contribution is 6.07. The van der Waals surface area contributed by atoms with Gasteiger partial charge in [-0.3, -0.25) is 4.79 Å². The number of aromatic nitrogens is 2. The van der Waals surface area contributed by atoms with Gasteiger partial charge in [0.1, 0.15) is 17.2 Å². The van der Waals surface area contributed by atoms with Crippen LogP contribution in [0, 0.1) is 18.2 Å². The maximum Gasteiger partial charge on any atom is 0.263 e. The monoisotopic (exact) mass is 437 g/mol. The van der Waals surface area contributed by atoms with Gasteiger partial charge in [0, 0.05) is 57.4 Å². The topological polar surface area (TPSA) is 62.1 Å². The molecule has 2 aliphatic heterocycles. The lowest BCUT2D eigenvalue weighted by Crippen LogP contribution is -2.58. The number of hydrogen-bond acceptors (Lipinski definition) is 5. The minimum absolute atomic E-state index is 0.236. The molecule has 7 nitrogen and oxygen atoms in total. The van der Waals surface area contributed by atoms with E-state index in [1.165, 1.54) is 18.1 Å². The molecule has 1 aromatic carbocycles. The van der Waals surface area contributed by atoms with Crippen LogP contribution in [-0.4, -0.2) is 55.6 Å². The van der Waals surface area contributed by atoms with E-state index in [2.05, 4.69) is 15.2 Å². The summed E-state index contributed by atoms with van der Waals surface area (Å²) in [6, 6.07) is 6.84. The van der Waals surface area contributed by atoms with Crippen molar-refractivity contribution in [1.82, 2.24) is 14.7 Å². The van der Waals surface area contributed by atoms with Crippen LogP contribution < -0.4 is 19.9 Å². The molecular formula is C24H28FN5O2. The molecule has 1 amide bonds. The summed E-state index contributed by atoms with van der Waals surface area (Å²) < 4.78 is 22.3. The second kappa shape index (κ2) is 7.78. The average Bonchev–Trinajstić information content (AvgIpc) is 3.15. The standard InChI is InChI=1S/C24H28FN5O2/c1-16-12-30-13-18(21(32-3)11-22(30)27-16)23(31)28(2)20-5-4-17(10-19(20)25)29-8-6-24(7-9-29)14-26-15-24/h4-5,10-13,26H,6-9,14-15H2,1-3H3. The molecule has 2 aromatic heterocycles. The first-order chi connectivity index (χ1) is 15.4. The Labute approximate surface area is 186 Å². The van der Waals surface area contributed by atoms with Gasteiger partial charge in [-0.2, -0.15) is 0 Å². The number of piperidine rings is 1. The summed E-state index contributed by atoms with van der Waals surface area (Å²) in [6.45, 7) is 5.92. The zero-order chi connectivity index (χ0) is 22.5. The number of ether oxygens (including phenoxy) is 1. The van der Waals surface area contributed by atoms with Gasteiger partial charge in [0.2, 0.25) is 0 Å². The molecule has 4 heterocycles. The number of aryl methyl sites for hydroxylation is 1. The SMILES string of the molecule is COc1cc2nc(C)cn2cc1C(=O)N(C)c1ccc(N2CCC3(CC2)CNC3)cc1F. The number of anilines is 2. The largest absolute Gasteiger partial charge is 0.496 e. The van der Waals surface area contributed by atoms with E-state index in [-0.39, 0.29) is 11.6 Å². The maximum absolute atomic E-state index is 15.1. The van der Waals surface area contributed by atoms with E-state index in [1.807, 2.05) is 19.2 Å². The van der Waals surface area contributed by atoms with Crippen molar-refractivity contribution < 1.29 is 13.9 Å². The molecule has 0 radical (unpaired) electrons. The van der Waals surface area contributed by atoms with Crippen LogP contribution in [0.4, 0.5) is 15.8 Å². The van der Waals surface area contributed by atoms with Crippen molar-refractivity contribution in [3.8, 4) is 5.75 Å². The first-order valence-electron chi connectivity index (χ1n) is 11.0. The number of fused-ring (bicyclic) bond motifs is 1. The van der Waals surface area contributed by atoms with Crippen LogP contribution in [0.2, 0.25) is 0 Å². The highest BCUT2D eigenvalue weighted by Crippen LogP contribution is 2.37. The van der Waals surface area contributed by atoms with Gasteiger partial charge < -0.3 is 24.3 Å². The fourth-order valence-electron chi connectivity index (χ4n) is 4.80. The van der Waals surface area contributed by atoms with Gasteiger partial charge in [-0.25, -0.2) is 9.37 Å². The molecule has 0 atom stereocenters. The number of carbonyl (C=O) groups is 1. The van der Waals surface area contributed by atoms with E-state index in [0.717, 1.165) is 50.4 Å². The normalized spacial score (nSPS) is 17.4. The van der Waals surface area contributed by atoms with Gasteiger partial charge in [-0.1, -0.05) is 0 Å². The van der Waals surface area contributed by atoms with E-state index in [9.17, 15) is 4.79 Å². The lowest BCUT2D eigenvalue weighted by Gasteiger charge is -2.49. The number of nitrogens with one attached hydrogen (secondary N) is 1. The van der Waals surface area contributed by atoms with Crippen molar-refractivity contribution in [2.24, 2.45) is 5.41 Å². The molecule has 8 heteroatoms. The molecule has 0 aliphatic carbocycles. The highest BCUT2D eigenvalue weighted by Gasteiger charge is 2.39. The summed E-state index contributed by atoms with van der Waals surface area (Å²) in [5, 5.41) is 3.37. The summed E-state index contributed by atoms with van der Waals surface area (Å²) in [5.41, 5.74) is 3.41. The van der Waals surface area contributed by atoms with Crippen LogP contribution >= 0.6 is 0 Å². The van der Waals surface area contributed by atoms with Crippen molar-refractivity contribution in [1.29, 1.82) is 0 Å². The minimum atomic E-state index is -0.414. The van der Waals surface area contributed by atoms with E-state index in [1.54, 1.807) is 29.8 Å². The smallest absolute Gasteiger partial charge is 0.263 e. The van der Waals surface area contributed by atoms with Crippen LogP contribution in [0.5, 0.6) is 5.75 Å². The first kappa shape index (κ1) is 20.8. The number of amides is 1. The number of hydrogen-bond donors (Lipinski definition) is 1. The molecule has 168 valence electrons. The highest BCUT2D eigenvalue weighted by atomic mass is 19.1. The van der Waals surface area contributed by atoms with Gasteiger partial charge in [0.15, 0.2) is 0 Å². The van der Waals surface area contributed by atoms with Crippen molar-refractivity contribution in [2.45, 2.75) is 19.8 Å². The van der Waals surface area contributed by atoms with Crippen LogP contribution in [0.25, 0.3) is 5.65 Å². The summed E-state index contributed by atoms with van der Waals surface area (Å²) in [7, 11) is 3.09. The number of halogens is 1. The fraction of sp³-hybridized carbons (Fsp3) is 0.417. The lowest BCUT2D eigenvalue weighted by molar-refractivity contribution is 0.0988. The summed E-state index contributed by atoms with van der Waals surface area (Å²) in [4.78, 5) is 21.2. The van der Waals surface area contributed by atoms with Crippen molar-refractivity contribution >= 4 is 22.9 Å². The number of methoxy groups -OCH3 is 1. The number of carbonyl (C=O) groups excluding carboxylic acids is 1. The molecule has 2 saturated heterocycles. The van der Waals surface area contributed by atoms with Crippen molar-refractivity contribution in [2.75, 3.05) is 50.1 Å². The van der Waals surface area contributed by atoms with E-state index in [4.69, 9.17) is 4.74 Å². The fourth-order valence-corrected chi connectivity index (χ4v) is 4.80. The Hall–Kier alpha value is -3.13. The summed E-state index contributed by atoms with van der Waals surface area (Å²) in [6.07, 6.45) is 5.76. The van der Waals surface area contributed by atoms with Crippen LogP contribution in [-0.2, 0) is 0 Å². The summed E-state index contributed by atoms with van der Waals surface area (Å²) >= 11 is 0. The first-order valence-corrected chi connectivity index (χ1v) is 11.0. The van der Waals surface area contributed by atoms with Crippen LogP contribution in [0.1, 0.15) is 28.9 Å². The third-order valence-corrected chi connectivity index (χ3v) is 6.91. The van der Waals surface area contributed by atoms with E-state index in [0.29, 0.717) is 22.4 Å². The van der Waals surface area contributed by atoms with Crippen molar-refractivity contribution in [3.63, 3.8) is 0 Å². The maximum atomic E-state index is 15.1. The second-order valence-corrected chi connectivity index (χ2v) is 8.99. The lowest BCUT2D eigenvalue weighted by atomic mass is 9.73. The molecule has 0 saturated carbocycles. The van der Waals surface area contributed by atoms with Gasteiger partial charge >= 0.3 is 0 Å². The zero-order valence-corrected chi connectivity index (χ0v) is 18.7. The Bertz CT molecular complexity index is 1180. The molecule has 3 aromatic rings. The quantitative estimate of drug-likeness (QED) is 0.679. The van der Waals surface area contributed by atoms with E-state index < -0.39 is 5.82 Å². The minimum Gasteiger partial charge on any atom is -0.496 e. The van der Waals surface area contributed by atoms with Crippen LogP contribution in [0.15, 0.2) is 36.7 Å². The van der Waals surface area contributed by atoms with Gasteiger partial charge in [-0.05, 0) is 43.4 Å². The zero-order valence-electron chi connectivity index (χ0n) is 18.7. The Balaban J connectivity index is 1.37. The van der Waals surface area contributed by atoms with Gasteiger partial charge in [0.05, 0.1) is 24.1 Å². The van der Waals surface area contributed by atoms with E-state index >= 15 is 4.39 Å². The third kappa shape index (κ3) is 3.48. The second-order valence-electron chi connectivity index (χ2n) is 8.99. The predicted octanol–water partition coefficient (Wildman–Crippen LogP) is 3.26. The number of nitrogens with zero attached hydrogens (tertiary/aromatic N) is 4. The third-order valence-electron chi connectivity index (χ3n) is 6.91. The Morgan fingerprint density at radius 3 is 2.59 bits per heavy atom. The van der Waals surface area contributed by atoms with Gasteiger partial charge in [0.25, 0.3) is 5.91 Å². The number of imidazole rings is 1. The Kier molecular flexibility index (Phi) is 5.04. The number of benzene rings is 1. The predicted molar refractivity (Wildman–Crippen MR) is 122 cm³/mol. The van der Waals surface area contributed by atoms with Crippen LogP contribution in [0.3, 0.4) is 0 Å². The number of rotatable bonds is 4. The number of pyridine rings is 1. The van der Waals surface area contributed by atoms with Gasteiger partial charge in [-0.15, -0.1) is 0 Å². The molecule has 5 rings (SSSR count). The molecule has 0 bridgehead atoms. The van der Waals surface area contributed by atoms with Crippen molar-refractivity contribution in [3.05, 3.63) is 53.7 Å².